The Morgan fingerprint density at radius 3 is 2.74 bits per heavy atom. The number of fused-ring (bicyclic) bond motifs is 4. The van der Waals surface area contributed by atoms with Gasteiger partial charge in [0.15, 0.2) is 0 Å². The average molecular weight is 349 g/mol. The molecule has 1 fully saturated rings. The van der Waals surface area contributed by atoms with Gasteiger partial charge in [-0.25, -0.2) is 0 Å². The van der Waals surface area contributed by atoms with Crippen molar-refractivity contribution in [3.63, 3.8) is 0 Å². The Balaban J connectivity index is 1.56. The highest BCUT2D eigenvalue weighted by Gasteiger charge is 2.34. The fraction of sp³-hybridized carbons (Fsp3) is 0.389. The zero-order chi connectivity index (χ0) is 16.0. The lowest BCUT2D eigenvalue weighted by Crippen LogP contribution is -2.46. The van der Waals surface area contributed by atoms with E-state index in [-0.39, 0.29) is 5.56 Å². The van der Waals surface area contributed by atoms with E-state index in [2.05, 4.69) is 11.0 Å². The SMILES string of the molecule is O=c1cccc2n1C[C@@H]1CC2CN(Cc2ccc(Cl)c(Cl)c2)C1. The van der Waals surface area contributed by atoms with Crippen LogP contribution in [0.3, 0.4) is 0 Å². The van der Waals surface area contributed by atoms with Crippen LogP contribution in [0.25, 0.3) is 0 Å². The molecule has 2 aromatic rings. The van der Waals surface area contributed by atoms with Crippen molar-refractivity contribution in [2.24, 2.45) is 5.92 Å². The molecule has 1 saturated heterocycles. The van der Waals surface area contributed by atoms with Crippen molar-refractivity contribution >= 4 is 23.2 Å². The van der Waals surface area contributed by atoms with Crippen LogP contribution in [0.5, 0.6) is 0 Å². The molecule has 1 unspecified atom stereocenters. The largest absolute Gasteiger partial charge is 0.312 e. The number of halogens is 2. The fourth-order valence-corrected chi connectivity index (χ4v) is 4.34. The van der Waals surface area contributed by atoms with E-state index in [1.165, 1.54) is 17.7 Å². The average Bonchev–Trinajstić information content (AvgIpc) is 2.52. The molecule has 2 bridgehead atoms. The summed E-state index contributed by atoms with van der Waals surface area (Å²) < 4.78 is 1.97. The van der Waals surface area contributed by atoms with Gasteiger partial charge in [-0.3, -0.25) is 9.69 Å². The minimum absolute atomic E-state index is 0.134. The summed E-state index contributed by atoms with van der Waals surface area (Å²) in [5.41, 5.74) is 2.51. The van der Waals surface area contributed by atoms with Crippen LogP contribution in [0.15, 0.2) is 41.2 Å². The number of pyridine rings is 1. The van der Waals surface area contributed by atoms with E-state index in [4.69, 9.17) is 23.2 Å². The predicted octanol–water partition coefficient (Wildman–Crippen LogP) is 3.77. The molecular formula is C18H18Cl2N2O. The maximum absolute atomic E-state index is 12.1. The second-order valence-corrected chi connectivity index (χ2v) is 7.46. The highest BCUT2D eigenvalue weighted by atomic mass is 35.5. The zero-order valence-corrected chi connectivity index (χ0v) is 14.2. The van der Waals surface area contributed by atoms with Crippen LogP contribution in [0.4, 0.5) is 0 Å². The van der Waals surface area contributed by atoms with Crippen LogP contribution in [-0.4, -0.2) is 22.6 Å². The molecule has 0 radical (unpaired) electrons. The van der Waals surface area contributed by atoms with Gasteiger partial charge in [-0.1, -0.05) is 35.3 Å². The van der Waals surface area contributed by atoms with Crippen molar-refractivity contribution in [1.29, 1.82) is 0 Å². The molecule has 2 aliphatic rings. The topological polar surface area (TPSA) is 25.2 Å². The van der Waals surface area contributed by atoms with Crippen LogP contribution in [0.2, 0.25) is 10.0 Å². The van der Waals surface area contributed by atoms with E-state index in [9.17, 15) is 4.79 Å². The lowest BCUT2D eigenvalue weighted by atomic mass is 9.83. The predicted molar refractivity (Wildman–Crippen MR) is 93.3 cm³/mol. The van der Waals surface area contributed by atoms with Gasteiger partial charge in [0.05, 0.1) is 10.0 Å². The standard InChI is InChI=1S/C18H18Cl2N2O/c19-15-5-4-12(7-16(15)20)8-21-9-13-6-14(11-21)17-2-1-3-18(23)22(17)10-13/h1-5,7,13-14H,6,8-11H2/t13-,14?/m1/s1. The van der Waals surface area contributed by atoms with E-state index in [1.807, 2.05) is 28.8 Å². The second kappa shape index (κ2) is 5.97. The number of aromatic nitrogens is 1. The molecule has 1 aromatic carbocycles. The Hall–Kier alpha value is -1.29. The first-order valence-corrected chi connectivity index (χ1v) is 8.72. The third kappa shape index (κ3) is 2.93. The molecule has 3 heterocycles. The van der Waals surface area contributed by atoms with E-state index in [1.54, 1.807) is 6.07 Å². The summed E-state index contributed by atoms with van der Waals surface area (Å²) in [7, 11) is 0. The molecule has 4 rings (SSSR count). The highest BCUT2D eigenvalue weighted by molar-refractivity contribution is 6.42. The van der Waals surface area contributed by atoms with Crippen molar-refractivity contribution in [1.82, 2.24) is 9.47 Å². The number of piperidine rings is 1. The van der Waals surface area contributed by atoms with E-state index in [0.717, 1.165) is 26.2 Å². The van der Waals surface area contributed by atoms with Gasteiger partial charge < -0.3 is 4.57 Å². The Kier molecular flexibility index (Phi) is 3.96. The number of nitrogens with zero attached hydrogens (tertiary/aromatic N) is 2. The molecule has 2 atom stereocenters. The van der Waals surface area contributed by atoms with Crippen molar-refractivity contribution in [3.05, 3.63) is 68.1 Å². The molecule has 0 aliphatic carbocycles. The van der Waals surface area contributed by atoms with Crippen LogP contribution in [-0.2, 0) is 13.1 Å². The maximum atomic E-state index is 12.1. The third-order valence-corrected chi connectivity index (χ3v) is 5.68. The zero-order valence-electron chi connectivity index (χ0n) is 12.7. The smallest absolute Gasteiger partial charge is 0.250 e. The fourth-order valence-electron chi connectivity index (χ4n) is 4.02. The van der Waals surface area contributed by atoms with Crippen molar-refractivity contribution < 1.29 is 0 Å². The molecule has 23 heavy (non-hydrogen) atoms. The maximum Gasteiger partial charge on any atom is 0.250 e. The molecule has 1 aromatic heterocycles. The molecule has 0 amide bonds. The molecule has 5 heteroatoms. The number of rotatable bonds is 2. The number of benzene rings is 1. The lowest BCUT2D eigenvalue weighted by molar-refractivity contribution is 0.114. The second-order valence-electron chi connectivity index (χ2n) is 6.64. The van der Waals surface area contributed by atoms with Crippen LogP contribution in [0, 0.1) is 5.92 Å². The summed E-state index contributed by atoms with van der Waals surface area (Å²) >= 11 is 12.1. The molecular weight excluding hydrogens is 331 g/mol. The number of hydrogen-bond donors (Lipinski definition) is 0. The van der Waals surface area contributed by atoms with Crippen molar-refractivity contribution in [2.45, 2.75) is 25.4 Å². The first-order chi connectivity index (χ1) is 11.1. The summed E-state index contributed by atoms with van der Waals surface area (Å²) in [4.78, 5) is 14.5. The van der Waals surface area contributed by atoms with Gasteiger partial charge in [0.2, 0.25) is 0 Å². The lowest BCUT2D eigenvalue weighted by Gasteiger charge is -2.42. The Morgan fingerprint density at radius 1 is 1.04 bits per heavy atom. The van der Waals surface area contributed by atoms with Crippen LogP contribution in [0.1, 0.15) is 23.6 Å². The van der Waals surface area contributed by atoms with Gasteiger partial charge in [0.1, 0.15) is 0 Å². The van der Waals surface area contributed by atoms with Gasteiger partial charge >= 0.3 is 0 Å². The molecule has 120 valence electrons. The molecule has 3 nitrogen and oxygen atoms in total. The molecule has 0 saturated carbocycles. The van der Waals surface area contributed by atoms with Crippen LogP contribution >= 0.6 is 23.2 Å². The Morgan fingerprint density at radius 2 is 1.91 bits per heavy atom. The van der Waals surface area contributed by atoms with E-state index >= 15 is 0 Å². The van der Waals surface area contributed by atoms with Crippen molar-refractivity contribution in [3.8, 4) is 0 Å². The monoisotopic (exact) mass is 348 g/mol. The Bertz CT molecular complexity index is 802. The first kappa shape index (κ1) is 15.3. The van der Waals surface area contributed by atoms with Gasteiger partial charge in [-0.2, -0.15) is 0 Å². The number of hydrogen-bond acceptors (Lipinski definition) is 2. The van der Waals surface area contributed by atoms with Gasteiger partial charge in [0.25, 0.3) is 5.56 Å². The van der Waals surface area contributed by atoms with Gasteiger partial charge in [0, 0.05) is 43.9 Å². The summed E-state index contributed by atoms with van der Waals surface area (Å²) in [6.45, 7) is 3.72. The van der Waals surface area contributed by atoms with Crippen LogP contribution < -0.4 is 5.56 Å². The summed E-state index contributed by atoms with van der Waals surface area (Å²) in [5, 5.41) is 1.21. The quantitative estimate of drug-likeness (QED) is 0.825. The van der Waals surface area contributed by atoms with E-state index < -0.39 is 0 Å². The summed E-state index contributed by atoms with van der Waals surface area (Å²) in [6, 6.07) is 11.5. The molecule has 0 N–H and O–H groups in total. The number of likely N-dealkylation sites (tertiary alicyclic amines) is 1. The highest BCUT2D eigenvalue weighted by Crippen LogP contribution is 2.35. The minimum atomic E-state index is 0.134. The molecule has 0 spiro atoms. The minimum Gasteiger partial charge on any atom is -0.312 e. The molecule has 2 aliphatic heterocycles. The van der Waals surface area contributed by atoms with Gasteiger partial charge in [-0.05, 0) is 36.1 Å². The van der Waals surface area contributed by atoms with E-state index in [0.29, 0.717) is 21.9 Å². The summed E-state index contributed by atoms with van der Waals surface area (Å²) in [6.07, 6.45) is 1.18. The van der Waals surface area contributed by atoms with Crippen molar-refractivity contribution in [2.75, 3.05) is 13.1 Å². The third-order valence-electron chi connectivity index (χ3n) is 4.95. The Labute approximate surface area is 145 Å². The van der Waals surface area contributed by atoms with Gasteiger partial charge in [-0.15, -0.1) is 0 Å². The summed E-state index contributed by atoms with van der Waals surface area (Å²) in [5.74, 6) is 0.989. The first-order valence-electron chi connectivity index (χ1n) is 7.96. The normalized spacial score (nSPS) is 23.6.